The summed E-state index contributed by atoms with van der Waals surface area (Å²) >= 11 is 0. The lowest BCUT2D eigenvalue weighted by Crippen LogP contribution is -2.50. The van der Waals surface area contributed by atoms with Crippen LogP contribution in [0.25, 0.3) is 0 Å². The lowest BCUT2D eigenvalue weighted by atomic mass is 9.74. The lowest BCUT2D eigenvalue weighted by molar-refractivity contribution is 0.0513. The average molecular weight is 574 g/mol. The van der Waals surface area contributed by atoms with E-state index in [2.05, 4.69) is 15.6 Å². The first kappa shape index (κ1) is 25.6. The molecule has 2 aliphatic heterocycles. The van der Waals surface area contributed by atoms with Gasteiger partial charge in [0.05, 0.1) is 0 Å². The van der Waals surface area contributed by atoms with Crippen LogP contribution in [0.3, 0.4) is 0 Å². The van der Waals surface area contributed by atoms with Gasteiger partial charge in [-0.3, -0.25) is 4.99 Å². The molecule has 5 nitrogen and oxygen atoms in total. The Morgan fingerprint density at radius 2 is 1.76 bits per heavy atom. The quantitative estimate of drug-likeness (QED) is 0.319. The number of aliphatic imine (C=N–C) groups is 1. The van der Waals surface area contributed by atoms with E-state index in [0.717, 1.165) is 24.8 Å². The minimum atomic E-state index is -0.547. The highest BCUT2D eigenvalue weighted by Crippen LogP contribution is 2.34. The Kier molecular flexibility index (Phi) is 8.86. The molecule has 2 aromatic rings. The van der Waals surface area contributed by atoms with Crippen LogP contribution in [0.1, 0.15) is 24.8 Å². The second-order valence-electron chi connectivity index (χ2n) is 8.47. The highest BCUT2D eigenvalue weighted by atomic mass is 127. The van der Waals surface area contributed by atoms with Gasteiger partial charge in [0.15, 0.2) is 5.96 Å². The number of guanidine groups is 1. The van der Waals surface area contributed by atoms with Crippen LogP contribution in [-0.4, -0.2) is 51.9 Å². The molecule has 0 saturated carbocycles. The molecule has 2 fully saturated rings. The van der Waals surface area contributed by atoms with Crippen molar-refractivity contribution < 1.29 is 17.9 Å². The summed E-state index contributed by atoms with van der Waals surface area (Å²) in [4.78, 5) is 6.07. The molecule has 33 heavy (non-hydrogen) atoms. The molecule has 2 aliphatic rings. The molecule has 1 unspecified atom stereocenters. The number of anilines is 1. The van der Waals surface area contributed by atoms with Crippen LogP contribution in [0.5, 0.6) is 0 Å². The highest BCUT2D eigenvalue weighted by molar-refractivity contribution is 14.0. The summed E-state index contributed by atoms with van der Waals surface area (Å²) in [6.45, 7) is 2.96. The van der Waals surface area contributed by atoms with Crippen LogP contribution in [0, 0.1) is 17.5 Å². The molecule has 2 aromatic carbocycles. The van der Waals surface area contributed by atoms with Crippen LogP contribution in [0.2, 0.25) is 0 Å². The zero-order chi connectivity index (χ0) is 22.6. The molecule has 0 aliphatic carbocycles. The van der Waals surface area contributed by atoms with Crippen LogP contribution < -0.4 is 15.5 Å². The second kappa shape index (κ2) is 11.4. The molecule has 0 aromatic heterocycles. The van der Waals surface area contributed by atoms with Crippen molar-refractivity contribution in [2.45, 2.75) is 30.7 Å². The molecule has 2 saturated heterocycles. The monoisotopic (exact) mass is 574 g/mol. The first-order valence-electron chi connectivity index (χ1n) is 11.0. The van der Waals surface area contributed by atoms with Gasteiger partial charge in [-0.05, 0) is 49.1 Å². The number of rotatable bonds is 5. The molecule has 9 heteroatoms. The van der Waals surface area contributed by atoms with E-state index >= 15 is 0 Å². The van der Waals surface area contributed by atoms with Crippen molar-refractivity contribution in [3.05, 3.63) is 65.5 Å². The van der Waals surface area contributed by atoms with Gasteiger partial charge in [0.25, 0.3) is 0 Å². The summed E-state index contributed by atoms with van der Waals surface area (Å²) in [5, 5.41) is 6.80. The van der Waals surface area contributed by atoms with E-state index in [-0.39, 0.29) is 46.9 Å². The van der Waals surface area contributed by atoms with Gasteiger partial charge in [-0.25, -0.2) is 13.2 Å². The van der Waals surface area contributed by atoms with Crippen LogP contribution >= 0.6 is 24.0 Å². The van der Waals surface area contributed by atoms with Crippen molar-refractivity contribution in [3.8, 4) is 0 Å². The van der Waals surface area contributed by atoms with Crippen LogP contribution in [0.4, 0.5) is 18.9 Å². The van der Waals surface area contributed by atoms with Crippen molar-refractivity contribution >= 4 is 35.6 Å². The van der Waals surface area contributed by atoms with E-state index in [9.17, 15) is 13.2 Å². The van der Waals surface area contributed by atoms with Crippen molar-refractivity contribution in [2.24, 2.45) is 4.99 Å². The minimum absolute atomic E-state index is 0. The molecule has 0 spiro atoms. The minimum Gasteiger partial charge on any atom is -0.381 e. The zero-order valence-electron chi connectivity index (χ0n) is 18.6. The first-order valence-corrected chi connectivity index (χ1v) is 11.0. The average Bonchev–Trinajstić information content (AvgIpc) is 3.25. The molecule has 0 bridgehead atoms. The van der Waals surface area contributed by atoms with Gasteiger partial charge in [0.2, 0.25) is 0 Å². The number of para-hydroxylation sites is 1. The molecule has 0 amide bonds. The normalized spacial score (nSPS) is 20.3. The smallest absolute Gasteiger partial charge is 0.191 e. The summed E-state index contributed by atoms with van der Waals surface area (Å²) in [6, 6.07) is 10.6. The fourth-order valence-electron chi connectivity index (χ4n) is 4.65. The van der Waals surface area contributed by atoms with Crippen molar-refractivity contribution in [1.29, 1.82) is 0 Å². The van der Waals surface area contributed by atoms with Gasteiger partial charge in [0.1, 0.15) is 23.1 Å². The topological polar surface area (TPSA) is 48.9 Å². The molecule has 2 N–H and O–H groups in total. The van der Waals surface area contributed by atoms with Gasteiger partial charge in [-0.2, -0.15) is 0 Å². The molecule has 180 valence electrons. The number of ether oxygens (including phenoxy) is 1. The molecular formula is C24H30F3IN4O. The van der Waals surface area contributed by atoms with E-state index in [0.29, 0.717) is 38.8 Å². The molecule has 1 atom stereocenters. The van der Waals surface area contributed by atoms with Crippen LogP contribution in [0.15, 0.2) is 47.5 Å². The van der Waals surface area contributed by atoms with Gasteiger partial charge < -0.3 is 20.3 Å². The van der Waals surface area contributed by atoms with Gasteiger partial charge in [-0.1, -0.05) is 18.2 Å². The van der Waals surface area contributed by atoms with Crippen molar-refractivity contribution in [3.63, 3.8) is 0 Å². The molecule has 4 rings (SSSR count). The number of benzene rings is 2. The Morgan fingerprint density at radius 1 is 1.09 bits per heavy atom. The maximum absolute atomic E-state index is 14.1. The molecular weight excluding hydrogens is 544 g/mol. The Hall–Kier alpha value is -2.01. The summed E-state index contributed by atoms with van der Waals surface area (Å²) < 4.78 is 47.3. The first-order chi connectivity index (χ1) is 15.5. The third kappa shape index (κ3) is 5.92. The number of halogens is 4. The Balaban J connectivity index is 0.00000306. The number of hydrogen-bond donors (Lipinski definition) is 2. The third-order valence-electron chi connectivity index (χ3n) is 6.51. The van der Waals surface area contributed by atoms with E-state index in [1.807, 2.05) is 12.1 Å². The predicted molar refractivity (Wildman–Crippen MR) is 135 cm³/mol. The number of hydrogen-bond acceptors (Lipinski definition) is 3. The summed E-state index contributed by atoms with van der Waals surface area (Å²) in [5.74, 6) is -0.708. The molecule has 0 radical (unpaired) electrons. The van der Waals surface area contributed by atoms with E-state index in [4.69, 9.17) is 4.74 Å². The Bertz CT molecular complexity index is 931. The van der Waals surface area contributed by atoms with Gasteiger partial charge in [-0.15, -0.1) is 24.0 Å². The summed E-state index contributed by atoms with van der Waals surface area (Å²) in [5.41, 5.74) is 0.922. The van der Waals surface area contributed by atoms with E-state index < -0.39 is 11.6 Å². The van der Waals surface area contributed by atoms with Crippen molar-refractivity contribution in [1.82, 2.24) is 10.6 Å². The largest absolute Gasteiger partial charge is 0.381 e. The Labute approximate surface area is 209 Å². The maximum atomic E-state index is 14.1. The highest BCUT2D eigenvalue weighted by Gasteiger charge is 2.35. The predicted octanol–water partition coefficient (Wildman–Crippen LogP) is 4.21. The summed E-state index contributed by atoms with van der Waals surface area (Å²) in [6.07, 6.45) is 2.39. The zero-order valence-corrected chi connectivity index (χ0v) is 21.0. The van der Waals surface area contributed by atoms with E-state index in [1.54, 1.807) is 11.9 Å². The number of nitrogens with zero attached hydrogens (tertiary/aromatic N) is 2. The third-order valence-corrected chi connectivity index (χ3v) is 6.51. The van der Waals surface area contributed by atoms with Gasteiger partial charge >= 0.3 is 0 Å². The maximum Gasteiger partial charge on any atom is 0.191 e. The van der Waals surface area contributed by atoms with Crippen LogP contribution in [-0.2, 0) is 10.2 Å². The second-order valence-corrected chi connectivity index (χ2v) is 8.47. The Morgan fingerprint density at radius 3 is 2.39 bits per heavy atom. The lowest BCUT2D eigenvalue weighted by Gasteiger charge is -2.38. The van der Waals surface area contributed by atoms with Gasteiger partial charge in [0, 0.05) is 51.4 Å². The molecule has 2 heterocycles. The summed E-state index contributed by atoms with van der Waals surface area (Å²) in [7, 11) is 1.70. The fraction of sp³-hybridized carbons (Fsp3) is 0.458. The number of nitrogens with one attached hydrogen (secondary N) is 2. The SMILES string of the molecule is CN=C(NCC1(c2ccc(F)cc2)CCOCC1)NC1CCN(c2c(F)cccc2F)C1.I. The standard InChI is InChI=1S/C24H29F3N4O.HI/c1-28-23(30-19-9-12-31(15-19)22-20(26)3-2-4-21(22)27)29-16-24(10-13-32-14-11-24)17-5-7-18(25)8-6-17;/h2-8,19H,9-16H2,1H3,(H2,28,29,30);1H. The van der Waals surface area contributed by atoms with Crippen molar-refractivity contribution in [2.75, 3.05) is 44.8 Å². The van der Waals surface area contributed by atoms with E-state index in [1.165, 1.54) is 30.3 Å². The fourth-order valence-corrected chi connectivity index (χ4v) is 4.65.